The van der Waals surface area contributed by atoms with Gasteiger partial charge in [-0.1, -0.05) is 6.07 Å². The fourth-order valence-corrected chi connectivity index (χ4v) is 4.73. The summed E-state index contributed by atoms with van der Waals surface area (Å²) >= 11 is 0. The number of rotatable bonds is 8. The molecule has 2 amide bonds. The van der Waals surface area contributed by atoms with Crippen LogP contribution in [0.4, 0.5) is 0 Å². The zero-order chi connectivity index (χ0) is 22.5. The van der Waals surface area contributed by atoms with Crippen molar-refractivity contribution in [2.24, 2.45) is 11.8 Å². The molecule has 3 fully saturated rings. The highest BCUT2D eigenvalue weighted by Crippen LogP contribution is 2.33. The monoisotopic (exact) mass is 445 g/mol. The number of nitrogens with zero attached hydrogens (tertiary/aromatic N) is 2. The number of morpholine rings is 1. The minimum Gasteiger partial charge on any atom is -0.493 e. The van der Waals surface area contributed by atoms with Crippen molar-refractivity contribution >= 4 is 11.8 Å². The number of likely N-dealkylation sites (tertiary alicyclic amines) is 1. The topological polar surface area (TPSA) is 80.3 Å². The molecule has 2 heterocycles. The first kappa shape index (κ1) is 22.9. The smallest absolute Gasteiger partial charge is 0.225 e. The van der Waals surface area contributed by atoms with Gasteiger partial charge in [0, 0.05) is 38.6 Å². The van der Waals surface area contributed by atoms with Crippen molar-refractivity contribution in [3.63, 3.8) is 0 Å². The van der Waals surface area contributed by atoms with Crippen LogP contribution in [-0.2, 0) is 14.3 Å². The Kier molecular flexibility index (Phi) is 7.52. The Labute approximate surface area is 190 Å². The lowest BCUT2D eigenvalue weighted by Crippen LogP contribution is -2.48. The van der Waals surface area contributed by atoms with E-state index in [0.29, 0.717) is 37.8 Å². The maximum atomic E-state index is 13.1. The number of hydrogen-bond acceptors (Lipinski definition) is 6. The third-order valence-electron chi connectivity index (χ3n) is 6.78. The molecular weight excluding hydrogens is 410 g/mol. The fraction of sp³-hybridized carbons (Fsp3) is 0.667. The highest BCUT2D eigenvalue weighted by atomic mass is 16.5. The molecule has 0 radical (unpaired) electrons. The standard InChI is InChI=1S/C24H35N3O5/c1-30-21-8-7-18(14-22(21)31-2)20(26-10-12-32-13-11-26)15-25-23(28)19-4-3-9-27(16-19)24(29)17-5-6-17/h7-8,14,17,19-20H,3-6,9-13,15-16H2,1-2H3,(H,25,28). The number of carbonyl (C=O) groups is 2. The first-order chi connectivity index (χ1) is 15.6. The highest BCUT2D eigenvalue weighted by molar-refractivity contribution is 5.83. The molecule has 4 rings (SSSR count). The lowest BCUT2D eigenvalue weighted by atomic mass is 9.96. The van der Waals surface area contributed by atoms with Gasteiger partial charge >= 0.3 is 0 Å². The number of nitrogens with one attached hydrogen (secondary N) is 1. The van der Waals surface area contributed by atoms with E-state index < -0.39 is 0 Å². The first-order valence-electron chi connectivity index (χ1n) is 11.7. The van der Waals surface area contributed by atoms with Gasteiger partial charge in [-0.3, -0.25) is 14.5 Å². The van der Waals surface area contributed by atoms with Crippen molar-refractivity contribution in [2.45, 2.75) is 31.7 Å². The Morgan fingerprint density at radius 2 is 1.81 bits per heavy atom. The molecule has 0 bridgehead atoms. The molecule has 1 N–H and O–H groups in total. The third kappa shape index (κ3) is 5.35. The minimum absolute atomic E-state index is 0.00967. The van der Waals surface area contributed by atoms with Gasteiger partial charge in [0.05, 0.1) is 39.4 Å². The molecule has 8 heteroatoms. The average Bonchev–Trinajstić information content (AvgIpc) is 3.69. The van der Waals surface area contributed by atoms with E-state index in [0.717, 1.165) is 50.9 Å². The van der Waals surface area contributed by atoms with E-state index in [1.165, 1.54) is 0 Å². The maximum Gasteiger partial charge on any atom is 0.225 e. The van der Waals surface area contributed by atoms with Crippen molar-refractivity contribution in [3.05, 3.63) is 23.8 Å². The summed E-state index contributed by atoms with van der Waals surface area (Å²) in [6.45, 7) is 4.80. The van der Waals surface area contributed by atoms with Crippen molar-refractivity contribution < 1.29 is 23.8 Å². The molecule has 2 unspecified atom stereocenters. The van der Waals surface area contributed by atoms with Gasteiger partial charge in [-0.25, -0.2) is 0 Å². The largest absolute Gasteiger partial charge is 0.493 e. The summed E-state index contributed by atoms with van der Waals surface area (Å²) in [4.78, 5) is 29.8. The summed E-state index contributed by atoms with van der Waals surface area (Å²) in [7, 11) is 3.25. The van der Waals surface area contributed by atoms with Crippen LogP contribution in [-0.4, -0.2) is 81.8 Å². The third-order valence-corrected chi connectivity index (χ3v) is 6.78. The lowest BCUT2D eigenvalue weighted by molar-refractivity contribution is -0.136. The number of piperidine rings is 1. The van der Waals surface area contributed by atoms with Gasteiger partial charge in [0.1, 0.15) is 0 Å². The van der Waals surface area contributed by atoms with Crippen molar-refractivity contribution in [1.82, 2.24) is 15.1 Å². The lowest BCUT2D eigenvalue weighted by Gasteiger charge is -2.36. The van der Waals surface area contributed by atoms with Crippen LogP contribution in [0.2, 0.25) is 0 Å². The van der Waals surface area contributed by atoms with Gasteiger partial charge in [-0.05, 0) is 43.4 Å². The van der Waals surface area contributed by atoms with Crippen LogP contribution in [0.1, 0.15) is 37.3 Å². The zero-order valence-corrected chi connectivity index (χ0v) is 19.2. The predicted octanol–water partition coefficient (Wildman–Crippen LogP) is 1.84. The molecule has 0 spiro atoms. The average molecular weight is 446 g/mol. The van der Waals surface area contributed by atoms with Crippen molar-refractivity contribution in [3.8, 4) is 11.5 Å². The highest BCUT2D eigenvalue weighted by Gasteiger charge is 2.37. The second-order valence-electron chi connectivity index (χ2n) is 8.92. The van der Waals surface area contributed by atoms with Crippen LogP contribution < -0.4 is 14.8 Å². The summed E-state index contributed by atoms with van der Waals surface area (Å²) in [6, 6.07) is 5.94. The van der Waals surface area contributed by atoms with Crippen LogP contribution in [0.25, 0.3) is 0 Å². The molecule has 0 aromatic heterocycles. The summed E-state index contributed by atoms with van der Waals surface area (Å²) in [5, 5.41) is 3.19. The molecular formula is C24H35N3O5. The molecule has 176 valence electrons. The molecule has 32 heavy (non-hydrogen) atoms. The van der Waals surface area contributed by atoms with Crippen molar-refractivity contribution in [2.75, 3.05) is 60.2 Å². The Morgan fingerprint density at radius 3 is 2.50 bits per heavy atom. The molecule has 1 aliphatic carbocycles. The number of hydrogen-bond donors (Lipinski definition) is 1. The Bertz CT molecular complexity index is 807. The van der Waals surface area contributed by atoms with Crippen LogP contribution in [0.5, 0.6) is 11.5 Å². The van der Waals surface area contributed by atoms with E-state index in [9.17, 15) is 9.59 Å². The Balaban J connectivity index is 1.43. The van der Waals surface area contributed by atoms with Gasteiger partial charge in [0.25, 0.3) is 0 Å². The maximum absolute atomic E-state index is 13.1. The van der Waals surface area contributed by atoms with Crippen LogP contribution in [0.3, 0.4) is 0 Å². The summed E-state index contributed by atoms with van der Waals surface area (Å²) in [5.41, 5.74) is 1.07. The van der Waals surface area contributed by atoms with E-state index >= 15 is 0 Å². The molecule has 2 aliphatic heterocycles. The molecule has 2 saturated heterocycles. The van der Waals surface area contributed by atoms with E-state index in [4.69, 9.17) is 14.2 Å². The summed E-state index contributed by atoms with van der Waals surface area (Å²) in [5.74, 6) is 1.70. The normalized spacial score (nSPS) is 22.8. The second kappa shape index (κ2) is 10.5. The number of amides is 2. The van der Waals surface area contributed by atoms with E-state index in [-0.39, 0.29) is 29.7 Å². The van der Waals surface area contributed by atoms with Gasteiger partial charge in [0.15, 0.2) is 11.5 Å². The van der Waals surface area contributed by atoms with Crippen LogP contribution in [0, 0.1) is 11.8 Å². The molecule has 3 aliphatic rings. The SMILES string of the molecule is COc1ccc(C(CNC(=O)C2CCCN(C(=O)C3CC3)C2)N2CCOCC2)cc1OC. The van der Waals surface area contributed by atoms with E-state index in [2.05, 4.69) is 10.2 Å². The fourth-order valence-electron chi connectivity index (χ4n) is 4.73. The zero-order valence-electron chi connectivity index (χ0n) is 19.2. The van der Waals surface area contributed by atoms with Gasteiger partial charge in [-0.2, -0.15) is 0 Å². The van der Waals surface area contributed by atoms with Gasteiger partial charge < -0.3 is 24.4 Å². The minimum atomic E-state index is -0.137. The number of ether oxygens (including phenoxy) is 3. The summed E-state index contributed by atoms with van der Waals surface area (Å²) < 4.78 is 16.4. The van der Waals surface area contributed by atoms with Crippen molar-refractivity contribution in [1.29, 1.82) is 0 Å². The molecule has 8 nitrogen and oxygen atoms in total. The Morgan fingerprint density at radius 1 is 1.06 bits per heavy atom. The molecule has 1 aromatic carbocycles. The van der Waals surface area contributed by atoms with Gasteiger partial charge in [-0.15, -0.1) is 0 Å². The quantitative estimate of drug-likeness (QED) is 0.658. The van der Waals surface area contributed by atoms with Crippen LogP contribution in [0.15, 0.2) is 18.2 Å². The predicted molar refractivity (Wildman–Crippen MR) is 120 cm³/mol. The number of benzene rings is 1. The second-order valence-corrected chi connectivity index (χ2v) is 8.92. The number of carbonyl (C=O) groups excluding carboxylic acids is 2. The molecule has 1 saturated carbocycles. The first-order valence-corrected chi connectivity index (χ1v) is 11.7. The van der Waals surface area contributed by atoms with E-state index in [1.54, 1.807) is 14.2 Å². The molecule has 2 atom stereocenters. The summed E-state index contributed by atoms with van der Waals surface area (Å²) in [6.07, 6.45) is 3.72. The van der Waals surface area contributed by atoms with Crippen LogP contribution >= 0.6 is 0 Å². The van der Waals surface area contributed by atoms with E-state index in [1.807, 2.05) is 23.1 Å². The van der Waals surface area contributed by atoms with Gasteiger partial charge in [0.2, 0.25) is 11.8 Å². The molecule has 1 aromatic rings. The number of methoxy groups -OCH3 is 2. The Hall–Kier alpha value is -2.32.